The number of fused-ring (bicyclic) bond motifs is 5. The van der Waals surface area contributed by atoms with E-state index in [1.165, 1.54) is 0 Å². The summed E-state index contributed by atoms with van der Waals surface area (Å²) >= 11 is 0. The molecule has 0 amide bonds. The van der Waals surface area contributed by atoms with Crippen molar-refractivity contribution in [2.45, 2.75) is 12.5 Å². The minimum atomic E-state index is 0.0295. The first-order valence-electron chi connectivity index (χ1n) is 3.75. The number of carbonyl (C=O) groups is 1. The van der Waals surface area contributed by atoms with Crippen LogP contribution in [0.25, 0.3) is 0 Å². The van der Waals surface area contributed by atoms with Gasteiger partial charge in [-0.05, 0) is 12.3 Å². The Labute approximate surface area is 58.9 Å². The second-order valence-corrected chi connectivity index (χ2v) is 3.38. The summed E-state index contributed by atoms with van der Waals surface area (Å²) in [5, 5.41) is 0. The van der Waals surface area contributed by atoms with Crippen LogP contribution in [0.2, 0.25) is 0 Å². The minimum absolute atomic E-state index is 0.0295. The normalized spacial score (nSPS) is 54.2. The van der Waals surface area contributed by atoms with Crippen LogP contribution in [0.3, 0.4) is 0 Å². The van der Waals surface area contributed by atoms with Crippen LogP contribution in [0.1, 0.15) is 6.42 Å². The molecular weight excluding hydrogens is 128 g/mol. The summed E-state index contributed by atoms with van der Waals surface area (Å²) in [6, 6.07) is 0. The van der Waals surface area contributed by atoms with Gasteiger partial charge in [-0.1, -0.05) is 12.2 Å². The second kappa shape index (κ2) is 1.29. The molecule has 0 radical (unpaired) electrons. The largest absolute Gasteiger partial charge is 0.460 e. The Bertz CT molecular complexity index is 231. The maximum absolute atomic E-state index is 10.8. The Morgan fingerprint density at radius 3 is 2.80 bits per heavy atom. The monoisotopic (exact) mass is 136 g/mol. The van der Waals surface area contributed by atoms with Crippen LogP contribution >= 0.6 is 0 Å². The molecule has 2 heteroatoms. The van der Waals surface area contributed by atoms with Crippen molar-refractivity contribution in [2.24, 2.45) is 17.8 Å². The van der Waals surface area contributed by atoms with Crippen LogP contribution in [0.4, 0.5) is 0 Å². The van der Waals surface area contributed by atoms with Crippen molar-refractivity contribution in [3.05, 3.63) is 12.2 Å². The average Bonchev–Trinajstić information content (AvgIpc) is 2.40. The van der Waals surface area contributed by atoms with Crippen LogP contribution in [-0.4, -0.2) is 12.1 Å². The Morgan fingerprint density at radius 1 is 1.40 bits per heavy atom. The van der Waals surface area contributed by atoms with Crippen LogP contribution in [0.15, 0.2) is 12.2 Å². The van der Waals surface area contributed by atoms with Gasteiger partial charge in [-0.3, -0.25) is 4.79 Å². The van der Waals surface area contributed by atoms with Gasteiger partial charge in [0.25, 0.3) is 0 Å². The highest BCUT2D eigenvalue weighted by Gasteiger charge is 2.57. The van der Waals surface area contributed by atoms with Gasteiger partial charge in [0, 0.05) is 5.92 Å². The van der Waals surface area contributed by atoms with Crippen LogP contribution in [0, 0.1) is 17.8 Å². The fourth-order valence-corrected chi connectivity index (χ4v) is 2.39. The molecule has 52 valence electrons. The number of carbonyl (C=O) groups excluding carboxylic acids is 1. The zero-order valence-electron chi connectivity index (χ0n) is 5.49. The lowest BCUT2D eigenvalue weighted by atomic mass is 9.87. The average molecular weight is 136 g/mol. The van der Waals surface area contributed by atoms with Gasteiger partial charge in [-0.15, -0.1) is 0 Å². The molecule has 1 saturated heterocycles. The van der Waals surface area contributed by atoms with Crippen molar-refractivity contribution in [3.8, 4) is 0 Å². The topological polar surface area (TPSA) is 26.3 Å². The number of hydrogen-bond donors (Lipinski definition) is 0. The predicted molar refractivity (Wildman–Crippen MR) is 34.1 cm³/mol. The van der Waals surface area contributed by atoms with E-state index in [0.717, 1.165) is 6.42 Å². The van der Waals surface area contributed by atoms with Gasteiger partial charge in [-0.25, -0.2) is 0 Å². The number of esters is 1. The smallest absolute Gasteiger partial charge is 0.313 e. The summed E-state index contributed by atoms with van der Waals surface area (Å²) in [6.45, 7) is 0. The van der Waals surface area contributed by atoms with E-state index in [9.17, 15) is 4.79 Å². The van der Waals surface area contributed by atoms with E-state index in [0.29, 0.717) is 11.8 Å². The van der Waals surface area contributed by atoms with Crippen molar-refractivity contribution in [3.63, 3.8) is 0 Å². The number of rotatable bonds is 0. The first-order chi connectivity index (χ1) is 4.86. The van der Waals surface area contributed by atoms with Gasteiger partial charge in [0.1, 0.15) is 12.0 Å². The van der Waals surface area contributed by atoms with Crippen molar-refractivity contribution < 1.29 is 9.53 Å². The maximum Gasteiger partial charge on any atom is 0.313 e. The highest BCUT2D eigenvalue weighted by Crippen LogP contribution is 2.50. The number of ether oxygens (including phenoxy) is 1. The van der Waals surface area contributed by atoms with Crippen molar-refractivity contribution >= 4 is 5.97 Å². The first kappa shape index (κ1) is 4.94. The van der Waals surface area contributed by atoms with Crippen LogP contribution in [-0.2, 0) is 9.53 Å². The lowest BCUT2D eigenvalue weighted by Crippen LogP contribution is -2.47. The molecule has 1 heterocycles. The summed E-state index contributed by atoms with van der Waals surface area (Å²) in [5.74, 6) is 1.36. The number of allylic oxidation sites excluding steroid dienone is 1. The number of hydrogen-bond acceptors (Lipinski definition) is 2. The summed E-state index contributed by atoms with van der Waals surface area (Å²) < 4.78 is 5.01. The molecule has 0 unspecified atom stereocenters. The van der Waals surface area contributed by atoms with Gasteiger partial charge >= 0.3 is 5.97 Å². The summed E-state index contributed by atoms with van der Waals surface area (Å²) in [7, 11) is 0. The predicted octanol–water partition coefficient (Wildman–Crippen LogP) is 0.734. The zero-order valence-corrected chi connectivity index (χ0v) is 5.49. The summed E-state index contributed by atoms with van der Waals surface area (Å²) in [5.41, 5.74) is 0. The van der Waals surface area contributed by atoms with E-state index in [2.05, 4.69) is 12.2 Å². The Morgan fingerprint density at radius 2 is 2.20 bits per heavy atom. The molecule has 3 aliphatic rings. The van der Waals surface area contributed by atoms with Gasteiger partial charge < -0.3 is 4.74 Å². The molecule has 0 aromatic heterocycles. The molecule has 1 aliphatic heterocycles. The van der Waals surface area contributed by atoms with Crippen LogP contribution < -0.4 is 0 Å². The van der Waals surface area contributed by atoms with E-state index in [-0.39, 0.29) is 18.0 Å². The molecule has 2 aliphatic carbocycles. The molecular formula is C8H8O2. The van der Waals surface area contributed by atoms with E-state index in [1.54, 1.807) is 0 Å². The molecule has 0 N–H and O–H groups in total. The Kier molecular flexibility index (Phi) is 0.636. The van der Waals surface area contributed by atoms with Crippen molar-refractivity contribution in [1.82, 2.24) is 0 Å². The third kappa shape index (κ3) is 0.349. The molecule has 0 spiro atoms. The third-order valence-corrected chi connectivity index (χ3v) is 2.91. The SMILES string of the molecule is O=C1O[C@@H]2[C@H]1[C@H]1C=C[C@@H]2C1. The van der Waals surface area contributed by atoms with Crippen molar-refractivity contribution in [2.75, 3.05) is 0 Å². The fourth-order valence-electron chi connectivity index (χ4n) is 2.39. The van der Waals surface area contributed by atoms with Gasteiger partial charge in [0.2, 0.25) is 0 Å². The Balaban J connectivity index is 2.03. The molecule has 1 saturated carbocycles. The highest BCUT2D eigenvalue weighted by molar-refractivity contribution is 5.80. The zero-order chi connectivity index (χ0) is 6.72. The maximum atomic E-state index is 10.8. The van der Waals surface area contributed by atoms with Crippen molar-refractivity contribution in [1.29, 1.82) is 0 Å². The van der Waals surface area contributed by atoms with Gasteiger partial charge in [0.05, 0.1) is 0 Å². The molecule has 0 aromatic rings. The minimum Gasteiger partial charge on any atom is -0.460 e. The lowest BCUT2D eigenvalue weighted by Gasteiger charge is -2.35. The first-order valence-corrected chi connectivity index (χ1v) is 3.75. The molecule has 4 atom stereocenters. The quantitative estimate of drug-likeness (QED) is 0.362. The van der Waals surface area contributed by atoms with E-state index < -0.39 is 0 Å². The second-order valence-electron chi connectivity index (χ2n) is 3.38. The standard InChI is InChI=1S/C8H8O2/c9-8-6-4-1-2-5(3-4)7(6)10-8/h1-2,4-7H,3H2/t4-,5+,6+,7-/m0/s1. The molecule has 2 bridgehead atoms. The van der Waals surface area contributed by atoms with Gasteiger partial charge in [-0.2, -0.15) is 0 Å². The molecule has 0 aromatic carbocycles. The lowest BCUT2D eigenvalue weighted by molar-refractivity contribution is -0.185. The van der Waals surface area contributed by atoms with E-state index in [4.69, 9.17) is 4.74 Å². The summed E-state index contributed by atoms with van der Waals surface area (Å²) in [4.78, 5) is 10.8. The van der Waals surface area contributed by atoms with E-state index in [1.807, 2.05) is 0 Å². The fraction of sp³-hybridized carbons (Fsp3) is 0.625. The van der Waals surface area contributed by atoms with E-state index >= 15 is 0 Å². The third-order valence-electron chi connectivity index (χ3n) is 2.91. The summed E-state index contributed by atoms with van der Waals surface area (Å²) in [6.07, 6.45) is 5.79. The molecule has 10 heavy (non-hydrogen) atoms. The Hall–Kier alpha value is -0.790. The van der Waals surface area contributed by atoms with Gasteiger partial charge in [0.15, 0.2) is 0 Å². The molecule has 2 nitrogen and oxygen atoms in total. The molecule has 3 rings (SSSR count). The molecule has 2 fully saturated rings. The van der Waals surface area contributed by atoms with Crippen LogP contribution in [0.5, 0.6) is 0 Å². The highest BCUT2D eigenvalue weighted by atomic mass is 16.6.